The molecule has 0 aromatic heterocycles. The summed E-state index contributed by atoms with van der Waals surface area (Å²) in [5.74, 6) is -0.947. The summed E-state index contributed by atoms with van der Waals surface area (Å²) in [4.78, 5) is 29.3. The third-order valence-corrected chi connectivity index (χ3v) is 9.76. The number of amides is 2. The van der Waals surface area contributed by atoms with E-state index in [1.165, 1.54) is 24.1 Å². The fourth-order valence-corrected chi connectivity index (χ4v) is 6.73. The number of anilines is 1. The van der Waals surface area contributed by atoms with Crippen molar-refractivity contribution in [3.8, 4) is 0 Å². The van der Waals surface area contributed by atoms with Crippen LogP contribution in [-0.4, -0.2) is 44.8 Å². The van der Waals surface area contributed by atoms with E-state index in [9.17, 15) is 18.0 Å². The third-order valence-electron chi connectivity index (χ3n) is 7.24. The van der Waals surface area contributed by atoms with E-state index in [1.807, 2.05) is 57.2 Å². The quantitative estimate of drug-likeness (QED) is 0.201. The van der Waals surface area contributed by atoms with Crippen LogP contribution in [-0.2, 0) is 32.6 Å². The molecule has 1 N–H and O–H groups in total. The second kappa shape index (κ2) is 14.3. The number of hydrogen-bond acceptors (Lipinski definition) is 4. The van der Waals surface area contributed by atoms with Crippen LogP contribution in [0.1, 0.15) is 27.8 Å². The molecule has 0 saturated carbocycles. The van der Waals surface area contributed by atoms with Crippen LogP contribution < -0.4 is 9.62 Å². The van der Waals surface area contributed by atoms with Gasteiger partial charge in [0.15, 0.2) is 0 Å². The first kappa shape index (κ1) is 33.1. The van der Waals surface area contributed by atoms with E-state index >= 15 is 0 Å². The second-order valence-electron chi connectivity index (χ2n) is 10.8. The molecule has 0 fully saturated rings. The Bertz CT molecular complexity index is 1730. The number of nitrogens with one attached hydrogen (secondary N) is 1. The summed E-state index contributed by atoms with van der Waals surface area (Å²) in [5, 5.41) is 3.33. The van der Waals surface area contributed by atoms with Crippen LogP contribution in [0.2, 0.25) is 10.0 Å². The fraction of sp³-hybridized carbons (Fsp3) is 0.235. The Hall–Kier alpha value is -3.85. The summed E-state index contributed by atoms with van der Waals surface area (Å²) in [6.45, 7) is 5.06. The smallest absolute Gasteiger partial charge is 0.264 e. The molecule has 4 aromatic carbocycles. The number of carbonyl (C=O) groups excluding carboxylic acids is 2. The Morgan fingerprint density at radius 1 is 0.773 bits per heavy atom. The van der Waals surface area contributed by atoms with E-state index < -0.39 is 28.5 Å². The highest BCUT2D eigenvalue weighted by molar-refractivity contribution is 7.92. The monoisotopic (exact) mass is 651 g/mol. The van der Waals surface area contributed by atoms with E-state index in [1.54, 1.807) is 42.5 Å². The van der Waals surface area contributed by atoms with Crippen LogP contribution in [0, 0.1) is 20.8 Å². The van der Waals surface area contributed by atoms with Crippen molar-refractivity contribution in [3.63, 3.8) is 0 Å². The van der Waals surface area contributed by atoms with Crippen molar-refractivity contribution in [2.75, 3.05) is 17.9 Å². The van der Waals surface area contributed by atoms with E-state index in [0.717, 1.165) is 26.6 Å². The van der Waals surface area contributed by atoms with Gasteiger partial charge in [-0.2, -0.15) is 0 Å². The summed E-state index contributed by atoms with van der Waals surface area (Å²) in [7, 11) is -2.68. The number of aryl methyl sites for hydroxylation is 3. The highest BCUT2D eigenvalue weighted by Gasteiger charge is 2.34. The van der Waals surface area contributed by atoms with Crippen molar-refractivity contribution in [1.29, 1.82) is 0 Å². The van der Waals surface area contributed by atoms with Gasteiger partial charge in [-0.25, -0.2) is 8.42 Å². The minimum atomic E-state index is -4.18. The number of halogens is 2. The lowest BCUT2D eigenvalue weighted by atomic mass is 10.0. The molecular weight excluding hydrogens is 617 g/mol. The molecule has 1 atom stereocenters. The molecule has 7 nitrogen and oxygen atoms in total. The molecule has 0 aliphatic rings. The van der Waals surface area contributed by atoms with Gasteiger partial charge < -0.3 is 10.2 Å². The number of nitrogens with zero attached hydrogens (tertiary/aromatic N) is 2. The van der Waals surface area contributed by atoms with Crippen LogP contribution in [0.3, 0.4) is 0 Å². The summed E-state index contributed by atoms with van der Waals surface area (Å²) in [6.07, 6.45) is 0.210. The molecule has 44 heavy (non-hydrogen) atoms. The lowest BCUT2D eigenvalue weighted by molar-refractivity contribution is -0.139. The molecule has 0 unspecified atom stereocenters. The average molecular weight is 653 g/mol. The maximum absolute atomic E-state index is 14.4. The third kappa shape index (κ3) is 8.00. The number of sulfonamides is 1. The maximum Gasteiger partial charge on any atom is 0.264 e. The molecule has 4 rings (SSSR count). The standard InChI is InChI=1S/C34H35Cl2N3O4S/c1-23-10-13-29(14-11-23)44(42,43)39(28-17-24(2)16-25(3)18-28)22-33(40)38(21-27-12-15-30(35)31(36)19-27)32(34(41)37-4)20-26-8-6-5-7-9-26/h5-19,32H,20-22H2,1-4H3,(H,37,41)/t32-/m0/s1. The van der Waals surface area contributed by atoms with Gasteiger partial charge in [-0.15, -0.1) is 0 Å². The summed E-state index contributed by atoms with van der Waals surface area (Å²) < 4.78 is 29.4. The van der Waals surface area contributed by atoms with Crippen molar-refractivity contribution >= 4 is 50.7 Å². The van der Waals surface area contributed by atoms with Gasteiger partial charge in [-0.1, -0.05) is 83.4 Å². The first-order valence-corrected chi connectivity index (χ1v) is 16.2. The molecule has 0 spiro atoms. The summed E-state index contributed by atoms with van der Waals surface area (Å²) >= 11 is 12.5. The largest absolute Gasteiger partial charge is 0.357 e. The van der Waals surface area contributed by atoms with E-state index in [-0.39, 0.29) is 23.8 Å². The average Bonchev–Trinajstić information content (AvgIpc) is 2.99. The van der Waals surface area contributed by atoms with Gasteiger partial charge in [0.2, 0.25) is 11.8 Å². The molecule has 0 aliphatic carbocycles. The molecule has 10 heteroatoms. The predicted molar refractivity (Wildman–Crippen MR) is 177 cm³/mol. The Labute approximate surface area is 269 Å². The Kier molecular flexibility index (Phi) is 10.7. The molecule has 4 aromatic rings. The van der Waals surface area contributed by atoms with Gasteiger partial charge in [0.25, 0.3) is 10.0 Å². The van der Waals surface area contributed by atoms with Crippen LogP contribution in [0.15, 0.2) is 95.9 Å². The van der Waals surface area contributed by atoms with E-state index in [4.69, 9.17) is 23.2 Å². The molecule has 230 valence electrons. The van der Waals surface area contributed by atoms with Crippen molar-refractivity contribution in [2.45, 2.75) is 44.7 Å². The Morgan fingerprint density at radius 3 is 2.00 bits per heavy atom. The zero-order valence-electron chi connectivity index (χ0n) is 25.1. The minimum Gasteiger partial charge on any atom is -0.357 e. The van der Waals surface area contributed by atoms with Crippen molar-refractivity contribution in [3.05, 3.63) is 129 Å². The maximum atomic E-state index is 14.4. The van der Waals surface area contributed by atoms with Crippen LogP contribution in [0.4, 0.5) is 5.69 Å². The molecule has 2 amide bonds. The number of carbonyl (C=O) groups is 2. The predicted octanol–water partition coefficient (Wildman–Crippen LogP) is 6.50. The van der Waals surface area contributed by atoms with Crippen molar-refractivity contribution in [2.24, 2.45) is 0 Å². The molecule has 0 radical (unpaired) electrons. The minimum absolute atomic E-state index is 0.00803. The number of rotatable bonds is 11. The van der Waals surface area contributed by atoms with Gasteiger partial charge in [0.1, 0.15) is 12.6 Å². The van der Waals surface area contributed by atoms with E-state index in [2.05, 4.69) is 5.32 Å². The molecule has 0 bridgehead atoms. The van der Waals surface area contributed by atoms with Gasteiger partial charge in [0, 0.05) is 20.0 Å². The zero-order chi connectivity index (χ0) is 32.0. The highest BCUT2D eigenvalue weighted by atomic mass is 35.5. The highest BCUT2D eigenvalue weighted by Crippen LogP contribution is 2.28. The van der Waals surface area contributed by atoms with Crippen molar-refractivity contribution in [1.82, 2.24) is 10.2 Å². The lowest BCUT2D eigenvalue weighted by Crippen LogP contribution is -2.53. The molecular formula is C34H35Cl2N3O4S. The van der Waals surface area contributed by atoms with Crippen LogP contribution >= 0.6 is 23.2 Å². The summed E-state index contributed by atoms with van der Waals surface area (Å²) in [6, 6.07) is 25.3. The lowest BCUT2D eigenvalue weighted by Gasteiger charge is -2.33. The number of benzene rings is 4. The topological polar surface area (TPSA) is 86.8 Å². The normalized spacial score (nSPS) is 12.0. The van der Waals surface area contributed by atoms with Crippen LogP contribution in [0.25, 0.3) is 0 Å². The Balaban J connectivity index is 1.82. The molecule has 0 aliphatic heterocycles. The number of hydrogen-bond donors (Lipinski definition) is 1. The van der Waals surface area contributed by atoms with Crippen molar-refractivity contribution < 1.29 is 18.0 Å². The number of likely N-dealkylation sites (N-methyl/N-ethyl adjacent to an activating group) is 1. The van der Waals surface area contributed by atoms with Gasteiger partial charge >= 0.3 is 0 Å². The molecule has 0 heterocycles. The molecule has 0 saturated heterocycles. The van der Waals surface area contributed by atoms with Gasteiger partial charge in [0.05, 0.1) is 20.6 Å². The van der Waals surface area contributed by atoms with Gasteiger partial charge in [-0.05, 0) is 79.4 Å². The summed E-state index contributed by atoms with van der Waals surface area (Å²) in [5.41, 5.74) is 4.42. The fourth-order valence-electron chi connectivity index (χ4n) is 5.02. The van der Waals surface area contributed by atoms with E-state index in [0.29, 0.717) is 21.3 Å². The SMILES string of the molecule is CNC(=O)[C@H](Cc1ccccc1)N(Cc1ccc(Cl)c(Cl)c1)C(=O)CN(c1cc(C)cc(C)c1)S(=O)(=O)c1ccc(C)cc1. The Morgan fingerprint density at radius 2 is 1.41 bits per heavy atom. The second-order valence-corrected chi connectivity index (χ2v) is 13.4. The van der Waals surface area contributed by atoms with Gasteiger partial charge in [-0.3, -0.25) is 13.9 Å². The first-order chi connectivity index (χ1) is 20.9. The zero-order valence-corrected chi connectivity index (χ0v) is 27.4. The van der Waals surface area contributed by atoms with Crippen LogP contribution in [0.5, 0.6) is 0 Å². The first-order valence-electron chi connectivity index (χ1n) is 14.1.